The maximum Gasteiger partial charge on any atom is 0.0837 e. The van der Waals surface area contributed by atoms with Crippen molar-refractivity contribution in [3.05, 3.63) is 21.1 Å². The van der Waals surface area contributed by atoms with Gasteiger partial charge in [-0.1, -0.05) is 50.5 Å². The molecule has 0 fully saturated rings. The number of nitrogens with zero attached hydrogens (tertiary/aromatic N) is 4. The van der Waals surface area contributed by atoms with Crippen LogP contribution < -0.4 is 0 Å². The Labute approximate surface area is 130 Å². The van der Waals surface area contributed by atoms with Crippen molar-refractivity contribution in [3.8, 4) is 0 Å². The van der Waals surface area contributed by atoms with Gasteiger partial charge in [-0.2, -0.15) is 0 Å². The molecule has 6 heteroatoms. The fraction of sp³-hybridized carbons (Fsp3) is 0.714. The molecule has 0 radical (unpaired) electrons. The fourth-order valence-corrected chi connectivity index (χ4v) is 3.20. The van der Waals surface area contributed by atoms with Crippen LogP contribution in [0.4, 0.5) is 0 Å². The normalized spacial score (nSPS) is 12.0. The Balaban J connectivity index is 0.000000200. The van der Waals surface area contributed by atoms with Gasteiger partial charge in [0.2, 0.25) is 0 Å². The summed E-state index contributed by atoms with van der Waals surface area (Å²) in [6, 6.07) is 0. The van der Waals surface area contributed by atoms with Crippen molar-refractivity contribution in [2.24, 2.45) is 0 Å². The second kappa shape index (κ2) is 6.26. The minimum atomic E-state index is 0.150. The summed E-state index contributed by atoms with van der Waals surface area (Å²) in [5, 5.41) is 8.01. The minimum absolute atomic E-state index is 0.150. The number of hydrogen-bond acceptors (Lipinski definition) is 6. The molecule has 0 bridgehead atoms. The van der Waals surface area contributed by atoms with Crippen LogP contribution in [0.3, 0.4) is 0 Å². The highest BCUT2D eigenvalue weighted by Crippen LogP contribution is 2.26. The molecule has 20 heavy (non-hydrogen) atoms. The predicted molar refractivity (Wildman–Crippen MR) is 86.7 cm³/mol. The van der Waals surface area contributed by atoms with Gasteiger partial charge in [-0.15, -0.1) is 10.2 Å². The SMILES string of the molecule is Cc1nnsc1C(C)(C)C.Cc1snnc1C(C)(C)C. The molecule has 0 unspecified atom stereocenters. The fourth-order valence-electron chi connectivity index (χ4n) is 1.83. The second-order valence-electron chi connectivity index (χ2n) is 6.87. The van der Waals surface area contributed by atoms with E-state index >= 15 is 0 Å². The van der Waals surface area contributed by atoms with Crippen LogP contribution in [0.25, 0.3) is 0 Å². The number of rotatable bonds is 0. The summed E-state index contributed by atoms with van der Waals surface area (Å²) in [6.45, 7) is 17.0. The molecule has 112 valence electrons. The maximum absolute atomic E-state index is 4.06. The van der Waals surface area contributed by atoms with Crippen molar-refractivity contribution in [3.63, 3.8) is 0 Å². The number of aromatic nitrogens is 4. The van der Waals surface area contributed by atoms with E-state index in [1.54, 1.807) is 0 Å². The molecule has 0 spiro atoms. The van der Waals surface area contributed by atoms with Crippen LogP contribution in [0.5, 0.6) is 0 Å². The lowest BCUT2D eigenvalue weighted by atomic mass is 9.92. The van der Waals surface area contributed by atoms with Gasteiger partial charge in [0.05, 0.1) is 16.3 Å². The molecule has 4 nitrogen and oxygen atoms in total. The molecular weight excluding hydrogens is 288 g/mol. The van der Waals surface area contributed by atoms with Crippen LogP contribution in [-0.2, 0) is 10.8 Å². The van der Waals surface area contributed by atoms with Gasteiger partial charge in [0.1, 0.15) is 0 Å². The molecule has 0 aromatic carbocycles. The zero-order valence-electron chi connectivity index (χ0n) is 13.6. The lowest BCUT2D eigenvalue weighted by Crippen LogP contribution is -2.12. The summed E-state index contributed by atoms with van der Waals surface area (Å²) in [5.41, 5.74) is 2.55. The number of hydrogen-bond donors (Lipinski definition) is 0. The highest BCUT2D eigenvalue weighted by Gasteiger charge is 2.19. The molecule has 2 heterocycles. The first-order chi connectivity index (χ1) is 9.03. The van der Waals surface area contributed by atoms with Crippen molar-refractivity contribution >= 4 is 23.1 Å². The average molecular weight is 313 g/mol. The molecule has 2 aromatic heterocycles. The van der Waals surface area contributed by atoms with Crippen molar-refractivity contribution in [1.29, 1.82) is 0 Å². The molecular formula is C14H24N4S2. The van der Waals surface area contributed by atoms with E-state index in [2.05, 4.69) is 67.6 Å². The van der Waals surface area contributed by atoms with Crippen molar-refractivity contribution in [2.45, 2.75) is 66.2 Å². The van der Waals surface area contributed by atoms with Gasteiger partial charge in [0.15, 0.2) is 0 Å². The smallest absolute Gasteiger partial charge is 0.0837 e. The first kappa shape index (κ1) is 17.2. The summed E-state index contributed by atoms with van der Waals surface area (Å²) in [7, 11) is 0. The Morgan fingerprint density at radius 2 is 1.30 bits per heavy atom. The Morgan fingerprint density at radius 1 is 0.750 bits per heavy atom. The molecule has 0 N–H and O–H groups in total. The van der Waals surface area contributed by atoms with Gasteiger partial charge in [-0.25, -0.2) is 0 Å². The third kappa shape index (κ3) is 4.59. The Bertz CT molecular complexity index is 494. The average Bonchev–Trinajstić information content (AvgIpc) is 2.85. The monoisotopic (exact) mass is 312 g/mol. The van der Waals surface area contributed by atoms with Gasteiger partial charge in [0, 0.05) is 10.3 Å². The molecule has 0 saturated carbocycles. The van der Waals surface area contributed by atoms with E-state index < -0.39 is 0 Å². The topological polar surface area (TPSA) is 51.6 Å². The van der Waals surface area contributed by atoms with Gasteiger partial charge < -0.3 is 0 Å². The van der Waals surface area contributed by atoms with Crippen LogP contribution in [-0.4, -0.2) is 19.2 Å². The van der Waals surface area contributed by atoms with E-state index in [4.69, 9.17) is 0 Å². The first-order valence-electron chi connectivity index (χ1n) is 6.62. The van der Waals surface area contributed by atoms with Crippen molar-refractivity contribution in [2.75, 3.05) is 0 Å². The predicted octanol–water partition coefficient (Wildman–Crippen LogP) is 4.29. The number of aryl methyl sites for hydroxylation is 2. The van der Waals surface area contributed by atoms with E-state index in [0.717, 1.165) is 11.4 Å². The van der Waals surface area contributed by atoms with Gasteiger partial charge >= 0.3 is 0 Å². The Hall–Kier alpha value is -0.880. The lowest BCUT2D eigenvalue weighted by Gasteiger charge is -2.14. The molecule has 0 saturated heterocycles. The lowest BCUT2D eigenvalue weighted by molar-refractivity contribution is 0.563. The van der Waals surface area contributed by atoms with Crippen LogP contribution in [0.1, 0.15) is 62.7 Å². The molecule has 0 aliphatic carbocycles. The highest BCUT2D eigenvalue weighted by molar-refractivity contribution is 7.06. The Morgan fingerprint density at radius 3 is 1.50 bits per heavy atom. The first-order valence-corrected chi connectivity index (χ1v) is 8.17. The van der Waals surface area contributed by atoms with Gasteiger partial charge in [-0.05, 0) is 42.3 Å². The van der Waals surface area contributed by atoms with Crippen molar-refractivity contribution in [1.82, 2.24) is 19.2 Å². The largest absolute Gasteiger partial charge is 0.143 e. The van der Waals surface area contributed by atoms with E-state index in [1.807, 2.05) is 6.92 Å². The zero-order chi connectivity index (χ0) is 15.6. The summed E-state index contributed by atoms with van der Waals surface area (Å²) in [4.78, 5) is 2.51. The van der Waals surface area contributed by atoms with Crippen LogP contribution >= 0.6 is 23.1 Å². The van der Waals surface area contributed by atoms with Crippen LogP contribution in [0.2, 0.25) is 0 Å². The van der Waals surface area contributed by atoms with E-state index in [-0.39, 0.29) is 10.8 Å². The summed E-state index contributed by atoms with van der Waals surface area (Å²) >= 11 is 2.97. The molecule has 0 atom stereocenters. The Kier molecular flexibility index (Phi) is 5.38. The molecule has 2 rings (SSSR count). The maximum atomic E-state index is 4.06. The molecule has 0 amide bonds. The quantitative estimate of drug-likeness (QED) is 0.728. The van der Waals surface area contributed by atoms with Gasteiger partial charge in [0.25, 0.3) is 0 Å². The molecule has 2 aromatic rings. The van der Waals surface area contributed by atoms with Crippen LogP contribution in [0.15, 0.2) is 0 Å². The van der Waals surface area contributed by atoms with Gasteiger partial charge in [-0.3, -0.25) is 0 Å². The highest BCUT2D eigenvalue weighted by atomic mass is 32.1. The van der Waals surface area contributed by atoms with E-state index in [9.17, 15) is 0 Å². The standard InChI is InChI=1S/2C7H12N2S/c1-5-6(7(2,3)4)8-9-10-5;1-5-6(7(2,3)4)10-9-8-5/h2*1-4H3. The summed E-state index contributed by atoms with van der Waals surface area (Å²) < 4.78 is 7.76. The van der Waals surface area contributed by atoms with E-state index in [1.165, 1.54) is 32.8 Å². The van der Waals surface area contributed by atoms with Crippen LogP contribution in [0, 0.1) is 13.8 Å². The molecule has 0 aliphatic rings. The van der Waals surface area contributed by atoms with E-state index in [0.29, 0.717) is 0 Å². The van der Waals surface area contributed by atoms with Crippen molar-refractivity contribution < 1.29 is 0 Å². The summed E-state index contributed by atoms with van der Waals surface area (Å²) in [6.07, 6.45) is 0. The third-order valence-electron chi connectivity index (χ3n) is 2.70. The zero-order valence-corrected chi connectivity index (χ0v) is 15.2. The summed E-state index contributed by atoms with van der Waals surface area (Å²) in [5.74, 6) is 0. The second-order valence-corrected chi connectivity index (χ2v) is 8.58. The molecule has 0 aliphatic heterocycles. The third-order valence-corrected chi connectivity index (χ3v) is 4.58. The minimum Gasteiger partial charge on any atom is -0.143 e.